The number of hydrogen-bond acceptors (Lipinski definition) is 4. The lowest BCUT2D eigenvalue weighted by Crippen LogP contribution is -2.53. The second-order valence-electron chi connectivity index (χ2n) is 9.03. The van der Waals surface area contributed by atoms with Crippen LogP contribution in [0.5, 0.6) is 0 Å². The van der Waals surface area contributed by atoms with E-state index in [2.05, 4.69) is 4.90 Å². The monoisotopic (exact) mass is 399 g/mol. The number of fused-ring (bicyclic) bond motifs is 1. The maximum atomic E-state index is 13.9. The van der Waals surface area contributed by atoms with E-state index in [1.165, 1.54) is 12.6 Å². The van der Waals surface area contributed by atoms with E-state index in [1.807, 2.05) is 13.0 Å². The van der Waals surface area contributed by atoms with E-state index in [-0.39, 0.29) is 11.1 Å². The average Bonchev–Trinajstić information content (AvgIpc) is 3.18. The fraction of sp³-hybridized carbons (Fsp3) is 0.545. The van der Waals surface area contributed by atoms with Crippen LogP contribution in [0.4, 0.5) is 10.1 Å². The number of aryl methyl sites for hydroxylation is 1. The van der Waals surface area contributed by atoms with Crippen molar-refractivity contribution in [2.45, 2.75) is 56.8 Å². The summed E-state index contributed by atoms with van der Waals surface area (Å²) in [7, 11) is 0. The lowest BCUT2D eigenvalue weighted by atomic mass is 9.68. The Bertz CT molecular complexity index is 1080. The van der Waals surface area contributed by atoms with Crippen molar-refractivity contribution in [1.82, 2.24) is 4.57 Å². The SMILES string of the molecule is Cc1c(N2CC[C@@H](C3(N)CCC3)C2)ccc2c(=O)c(C(=O)O)cn([C@@H]3C[C@H]3F)c12. The summed E-state index contributed by atoms with van der Waals surface area (Å²) in [6.07, 6.45) is 5.09. The van der Waals surface area contributed by atoms with E-state index in [0.29, 0.717) is 23.2 Å². The van der Waals surface area contributed by atoms with Gasteiger partial charge in [-0.3, -0.25) is 4.79 Å². The van der Waals surface area contributed by atoms with E-state index in [4.69, 9.17) is 5.73 Å². The molecule has 154 valence electrons. The molecule has 2 aromatic rings. The summed E-state index contributed by atoms with van der Waals surface area (Å²) in [5, 5.41) is 9.76. The third-order valence-electron chi connectivity index (χ3n) is 7.31. The van der Waals surface area contributed by atoms with Crippen molar-refractivity contribution >= 4 is 22.6 Å². The first-order chi connectivity index (χ1) is 13.8. The molecule has 1 saturated heterocycles. The number of carboxylic acids is 1. The van der Waals surface area contributed by atoms with Crippen LogP contribution in [0.2, 0.25) is 0 Å². The van der Waals surface area contributed by atoms with Crippen LogP contribution in [0.1, 0.15) is 54.1 Å². The number of halogens is 1. The van der Waals surface area contributed by atoms with E-state index < -0.39 is 23.6 Å². The summed E-state index contributed by atoms with van der Waals surface area (Å²) < 4.78 is 15.6. The van der Waals surface area contributed by atoms with Gasteiger partial charge in [0.1, 0.15) is 11.7 Å². The Morgan fingerprint density at radius 3 is 2.66 bits per heavy atom. The highest BCUT2D eigenvalue weighted by molar-refractivity contribution is 5.95. The highest BCUT2D eigenvalue weighted by Gasteiger charge is 2.44. The molecule has 29 heavy (non-hydrogen) atoms. The molecule has 0 unspecified atom stereocenters. The van der Waals surface area contributed by atoms with Gasteiger partial charge in [0, 0.05) is 42.3 Å². The zero-order chi connectivity index (χ0) is 20.5. The summed E-state index contributed by atoms with van der Waals surface area (Å²) in [6, 6.07) is 3.20. The highest BCUT2D eigenvalue weighted by atomic mass is 19.1. The second-order valence-corrected chi connectivity index (χ2v) is 9.03. The summed E-state index contributed by atoms with van der Waals surface area (Å²) >= 11 is 0. The number of carboxylic acid groups (broad SMARTS) is 1. The van der Waals surface area contributed by atoms with Gasteiger partial charge in [-0.05, 0) is 56.2 Å². The fourth-order valence-corrected chi connectivity index (χ4v) is 5.25. The smallest absolute Gasteiger partial charge is 0.341 e. The molecule has 0 bridgehead atoms. The van der Waals surface area contributed by atoms with Crippen molar-refractivity contribution in [2.24, 2.45) is 11.7 Å². The molecular formula is C22H26FN3O3. The molecule has 2 aliphatic carbocycles. The number of aromatic nitrogens is 1. The first kappa shape index (κ1) is 18.6. The minimum Gasteiger partial charge on any atom is -0.477 e. The molecule has 3 aliphatic rings. The van der Waals surface area contributed by atoms with E-state index in [0.717, 1.165) is 43.6 Å². The summed E-state index contributed by atoms with van der Waals surface area (Å²) in [6.45, 7) is 3.73. The first-order valence-electron chi connectivity index (χ1n) is 10.4. The molecule has 1 aromatic heterocycles. The number of carbonyl (C=O) groups is 1. The molecule has 2 saturated carbocycles. The van der Waals surface area contributed by atoms with Crippen LogP contribution < -0.4 is 16.1 Å². The van der Waals surface area contributed by atoms with Crippen molar-refractivity contribution in [3.05, 3.63) is 39.7 Å². The molecule has 3 fully saturated rings. The summed E-state index contributed by atoms with van der Waals surface area (Å²) in [4.78, 5) is 26.6. The van der Waals surface area contributed by atoms with Gasteiger partial charge in [0.2, 0.25) is 5.43 Å². The maximum absolute atomic E-state index is 13.9. The quantitative estimate of drug-likeness (QED) is 0.825. The van der Waals surface area contributed by atoms with E-state index >= 15 is 0 Å². The molecule has 7 heteroatoms. The predicted molar refractivity (Wildman–Crippen MR) is 110 cm³/mol. The van der Waals surface area contributed by atoms with Gasteiger partial charge < -0.3 is 20.3 Å². The zero-order valence-corrected chi connectivity index (χ0v) is 16.5. The van der Waals surface area contributed by atoms with E-state index in [9.17, 15) is 19.1 Å². The highest BCUT2D eigenvalue weighted by Crippen LogP contribution is 2.44. The number of pyridine rings is 1. The van der Waals surface area contributed by atoms with Crippen LogP contribution in [-0.4, -0.2) is 40.4 Å². The van der Waals surface area contributed by atoms with Gasteiger partial charge in [-0.15, -0.1) is 0 Å². The number of anilines is 1. The van der Waals surface area contributed by atoms with Crippen molar-refractivity contribution in [2.75, 3.05) is 18.0 Å². The number of benzene rings is 1. The van der Waals surface area contributed by atoms with Crippen molar-refractivity contribution in [1.29, 1.82) is 0 Å². The Kier molecular flexibility index (Phi) is 4.04. The zero-order valence-electron chi connectivity index (χ0n) is 16.5. The standard InChI is InChI=1S/C22H26FN3O3/c1-12-17(25-8-5-13(10-25)22(24)6-2-7-22)4-3-14-19(12)26(18-9-16(18)23)11-15(20(14)27)21(28)29/h3-4,11,13,16,18H,2,5-10,24H2,1H3,(H,28,29)/t13-,16-,18-/m1/s1. The molecule has 0 radical (unpaired) electrons. The van der Waals surface area contributed by atoms with Gasteiger partial charge >= 0.3 is 5.97 Å². The predicted octanol–water partition coefficient (Wildman–Crippen LogP) is 3.00. The Morgan fingerprint density at radius 1 is 1.34 bits per heavy atom. The minimum absolute atomic E-state index is 0.0482. The minimum atomic E-state index is -1.28. The Hall–Kier alpha value is -2.41. The average molecular weight is 399 g/mol. The number of aromatic carboxylic acids is 1. The molecule has 1 aromatic carbocycles. The molecule has 1 aliphatic heterocycles. The maximum Gasteiger partial charge on any atom is 0.341 e. The topological polar surface area (TPSA) is 88.6 Å². The van der Waals surface area contributed by atoms with Crippen molar-refractivity contribution in [3.8, 4) is 0 Å². The number of rotatable bonds is 4. The van der Waals surface area contributed by atoms with Gasteiger partial charge in [0.05, 0.1) is 11.6 Å². The van der Waals surface area contributed by atoms with Crippen LogP contribution in [0.25, 0.3) is 10.9 Å². The van der Waals surface area contributed by atoms with Crippen LogP contribution >= 0.6 is 0 Å². The van der Waals surface area contributed by atoms with Crippen LogP contribution in [-0.2, 0) is 0 Å². The van der Waals surface area contributed by atoms with Gasteiger partial charge in [-0.2, -0.15) is 0 Å². The van der Waals surface area contributed by atoms with Crippen molar-refractivity contribution in [3.63, 3.8) is 0 Å². The Morgan fingerprint density at radius 2 is 2.07 bits per heavy atom. The largest absolute Gasteiger partial charge is 0.477 e. The molecular weight excluding hydrogens is 373 g/mol. The lowest BCUT2D eigenvalue weighted by molar-refractivity contribution is 0.0694. The number of nitrogens with zero attached hydrogens (tertiary/aromatic N) is 2. The fourth-order valence-electron chi connectivity index (χ4n) is 5.25. The van der Waals surface area contributed by atoms with Crippen LogP contribution in [0.15, 0.2) is 23.1 Å². The third kappa shape index (κ3) is 2.78. The van der Waals surface area contributed by atoms with Gasteiger partial charge in [-0.1, -0.05) is 0 Å². The number of nitrogens with two attached hydrogens (primary N) is 1. The number of alkyl halides is 1. The summed E-state index contributed by atoms with van der Waals surface area (Å²) in [5.74, 6) is -0.818. The molecule has 5 rings (SSSR count). The van der Waals surface area contributed by atoms with Gasteiger partial charge in [0.25, 0.3) is 0 Å². The molecule has 3 atom stereocenters. The van der Waals surface area contributed by atoms with Gasteiger partial charge in [-0.25, -0.2) is 9.18 Å². The van der Waals surface area contributed by atoms with Crippen LogP contribution in [0, 0.1) is 12.8 Å². The lowest BCUT2D eigenvalue weighted by Gasteiger charge is -2.43. The molecule has 2 heterocycles. The normalized spacial score (nSPS) is 27.8. The van der Waals surface area contributed by atoms with Crippen LogP contribution in [0.3, 0.4) is 0 Å². The van der Waals surface area contributed by atoms with Gasteiger partial charge in [0.15, 0.2) is 0 Å². The first-order valence-corrected chi connectivity index (χ1v) is 10.4. The second kappa shape index (κ2) is 6.29. The number of hydrogen-bond donors (Lipinski definition) is 2. The Balaban J connectivity index is 1.60. The molecule has 3 N–H and O–H groups in total. The summed E-state index contributed by atoms with van der Waals surface area (Å²) in [5.41, 5.74) is 8.27. The third-order valence-corrected chi connectivity index (χ3v) is 7.31. The van der Waals surface area contributed by atoms with Crippen molar-refractivity contribution < 1.29 is 14.3 Å². The molecule has 0 amide bonds. The Labute approximate surface area is 168 Å². The molecule has 0 spiro atoms. The molecule has 6 nitrogen and oxygen atoms in total. The van der Waals surface area contributed by atoms with E-state index in [1.54, 1.807) is 10.6 Å².